The van der Waals surface area contributed by atoms with Gasteiger partial charge in [0.1, 0.15) is 0 Å². The third-order valence-corrected chi connectivity index (χ3v) is 5.15. The molecule has 2 N–H and O–H groups in total. The smallest absolute Gasteiger partial charge is 0.307 e. The molecule has 0 saturated carbocycles. The molecule has 0 bridgehead atoms. The lowest BCUT2D eigenvalue weighted by Crippen LogP contribution is -2.13. The summed E-state index contributed by atoms with van der Waals surface area (Å²) in [5.74, 6) is -0.594. The molecule has 2 unspecified atom stereocenters. The van der Waals surface area contributed by atoms with Gasteiger partial charge in [-0.1, -0.05) is 56.2 Å². The van der Waals surface area contributed by atoms with Crippen molar-refractivity contribution in [1.29, 1.82) is 0 Å². The first-order valence-corrected chi connectivity index (χ1v) is 10.3. The number of carbonyl (C=O) groups is 1. The van der Waals surface area contributed by atoms with Crippen LogP contribution in [0.15, 0.2) is 36.4 Å². The van der Waals surface area contributed by atoms with Gasteiger partial charge in [-0.15, -0.1) is 0 Å². The summed E-state index contributed by atoms with van der Waals surface area (Å²) >= 11 is 0. The number of rotatable bonds is 7. The predicted molar refractivity (Wildman–Crippen MR) is 113 cm³/mol. The third kappa shape index (κ3) is 6.75. The van der Waals surface area contributed by atoms with Crippen molar-refractivity contribution in [3.05, 3.63) is 64.5 Å². The highest BCUT2D eigenvalue weighted by molar-refractivity contribution is 5.72. The van der Waals surface area contributed by atoms with Gasteiger partial charge in [0.05, 0.1) is 5.92 Å². The van der Waals surface area contributed by atoms with Crippen LogP contribution in [0.5, 0.6) is 0 Å². The van der Waals surface area contributed by atoms with Crippen LogP contribution in [-0.4, -0.2) is 27.8 Å². The third-order valence-electron chi connectivity index (χ3n) is 5.15. The molecule has 0 radical (unpaired) electrons. The van der Waals surface area contributed by atoms with Crippen LogP contribution in [-0.2, 0) is 30.5 Å². The van der Waals surface area contributed by atoms with Crippen LogP contribution in [0.1, 0.15) is 54.8 Å². The van der Waals surface area contributed by atoms with E-state index in [2.05, 4.69) is 56.1 Å². The van der Waals surface area contributed by atoms with E-state index in [4.69, 9.17) is 10.2 Å². The summed E-state index contributed by atoms with van der Waals surface area (Å²) in [7, 11) is 0. The molecule has 0 saturated heterocycles. The second kappa shape index (κ2) is 11.0. The van der Waals surface area contributed by atoms with E-state index in [0.717, 1.165) is 42.6 Å². The molecule has 1 aliphatic rings. The van der Waals surface area contributed by atoms with Crippen LogP contribution in [0.3, 0.4) is 0 Å². The number of benzene rings is 1. The number of aliphatic carboxylic acids is 1. The number of nitrogens with zero attached hydrogens (tertiary/aromatic N) is 1. The molecule has 1 heterocycles. The zero-order valence-electron chi connectivity index (χ0n) is 17.3. The number of unbranched alkanes of at least 4 members (excludes halogenated alkanes) is 1. The minimum absolute atomic E-state index is 0.260. The standard InChI is InChI=1S/C13H17NO2.C11H16O/c1-2-3-4-11-6-5-9-7-10(13(15)16)8-12(9)14-11;1-9-4-3-5-11(6-9)7-10(2)8-12/h5-6,10H,2-4,7-8H2,1H3,(H,15,16);3-6,10,12H,7-8H2,1-2H3. The van der Waals surface area contributed by atoms with Crippen LogP contribution < -0.4 is 0 Å². The zero-order valence-corrected chi connectivity index (χ0v) is 17.3. The highest BCUT2D eigenvalue weighted by Gasteiger charge is 2.28. The molecule has 4 nitrogen and oxygen atoms in total. The molecule has 1 aromatic heterocycles. The van der Waals surface area contributed by atoms with Gasteiger partial charge in [0, 0.05) is 24.4 Å². The lowest BCUT2D eigenvalue weighted by atomic mass is 10.0. The number of hydrogen-bond acceptors (Lipinski definition) is 3. The number of aliphatic hydroxyl groups is 1. The Kier molecular flexibility index (Phi) is 8.65. The Morgan fingerprint density at radius 3 is 2.68 bits per heavy atom. The summed E-state index contributed by atoms with van der Waals surface area (Å²) in [5, 5.41) is 17.8. The van der Waals surface area contributed by atoms with Crippen LogP contribution in [0.25, 0.3) is 0 Å². The van der Waals surface area contributed by atoms with Crippen LogP contribution in [0, 0.1) is 18.8 Å². The van der Waals surface area contributed by atoms with Gasteiger partial charge in [0.2, 0.25) is 0 Å². The van der Waals surface area contributed by atoms with Crippen molar-refractivity contribution in [1.82, 2.24) is 4.98 Å². The molecule has 1 aliphatic carbocycles. The summed E-state index contributed by atoms with van der Waals surface area (Å²) in [6.07, 6.45) is 5.53. The summed E-state index contributed by atoms with van der Waals surface area (Å²) in [6.45, 7) is 6.58. The summed E-state index contributed by atoms with van der Waals surface area (Å²) in [6, 6.07) is 12.5. The van der Waals surface area contributed by atoms with E-state index in [1.807, 2.05) is 6.07 Å². The largest absolute Gasteiger partial charge is 0.481 e. The Balaban J connectivity index is 0.000000209. The van der Waals surface area contributed by atoms with E-state index in [0.29, 0.717) is 18.8 Å². The van der Waals surface area contributed by atoms with Crippen molar-refractivity contribution >= 4 is 5.97 Å². The molecule has 1 aromatic carbocycles. The molecule has 0 amide bonds. The first kappa shape index (κ1) is 22.1. The summed E-state index contributed by atoms with van der Waals surface area (Å²) in [5.41, 5.74) is 5.83. The molecule has 3 rings (SSSR count). The molecule has 152 valence electrons. The van der Waals surface area contributed by atoms with Gasteiger partial charge in [-0.3, -0.25) is 9.78 Å². The van der Waals surface area contributed by atoms with Crippen molar-refractivity contribution in [3.63, 3.8) is 0 Å². The Labute approximate surface area is 168 Å². The van der Waals surface area contributed by atoms with Crippen molar-refractivity contribution in [3.8, 4) is 0 Å². The monoisotopic (exact) mass is 383 g/mol. The normalized spacial score (nSPS) is 16.1. The molecule has 28 heavy (non-hydrogen) atoms. The van der Waals surface area contributed by atoms with Gasteiger partial charge in [-0.05, 0) is 55.7 Å². The van der Waals surface area contributed by atoms with E-state index in [1.54, 1.807) is 0 Å². The number of hydrogen-bond donors (Lipinski definition) is 2. The number of fused-ring (bicyclic) bond motifs is 1. The average Bonchev–Trinajstić information content (AvgIpc) is 3.10. The number of aromatic nitrogens is 1. The fourth-order valence-electron chi connectivity index (χ4n) is 3.49. The molecule has 0 aliphatic heterocycles. The predicted octanol–water partition coefficient (Wildman–Crippen LogP) is 4.39. The van der Waals surface area contributed by atoms with Crippen molar-refractivity contribution < 1.29 is 15.0 Å². The molecule has 2 aromatic rings. The van der Waals surface area contributed by atoms with E-state index >= 15 is 0 Å². The van der Waals surface area contributed by atoms with E-state index in [1.165, 1.54) is 11.1 Å². The minimum Gasteiger partial charge on any atom is -0.481 e. The quantitative estimate of drug-likeness (QED) is 0.744. The topological polar surface area (TPSA) is 70.4 Å². The van der Waals surface area contributed by atoms with E-state index < -0.39 is 5.97 Å². The number of pyridine rings is 1. The number of carboxylic acid groups (broad SMARTS) is 1. The number of carboxylic acids is 1. The van der Waals surface area contributed by atoms with Crippen LogP contribution in [0.2, 0.25) is 0 Å². The first-order valence-electron chi connectivity index (χ1n) is 10.3. The van der Waals surface area contributed by atoms with Gasteiger partial charge in [0.15, 0.2) is 0 Å². The van der Waals surface area contributed by atoms with Crippen molar-refractivity contribution in [2.75, 3.05) is 6.61 Å². The molecular formula is C24H33NO3. The maximum Gasteiger partial charge on any atom is 0.307 e. The Morgan fingerprint density at radius 1 is 1.25 bits per heavy atom. The summed E-state index contributed by atoms with van der Waals surface area (Å²) < 4.78 is 0. The van der Waals surface area contributed by atoms with Crippen LogP contribution in [0.4, 0.5) is 0 Å². The molecule has 2 atom stereocenters. The number of aliphatic hydroxyl groups excluding tert-OH is 1. The lowest BCUT2D eigenvalue weighted by Gasteiger charge is -2.07. The molecule has 4 heteroatoms. The first-order chi connectivity index (χ1) is 13.4. The summed E-state index contributed by atoms with van der Waals surface area (Å²) in [4.78, 5) is 15.5. The SMILES string of the molecule is CCCCc1ccc2c(n1)CC(C(=O)O)C2.Cc1cccc(CC(C)CO)c1. The van der Waals surface area contributed by atoms with E-state index in [9.17, 15) is 4.79 Å². The van der Waals surface area contributed by atoms with Gasteiger partial charge in [-0.25, -0.2) is 0 Å². The second-order valence-electron chi connectivity index (χ2n) is 7.94. The number of aryl methyl sites for hydroxylation is 2. The minimum atomic E-state index is -0.701. The van der Waals surface area contributed by atoms with E-state index in [-0.39, 0.29) is 12.5 Å². The van der Waals surface area contributed by atoms with Crippen LogP contribution >= 0.6 is 0 Å². The highest BCUT2D eigenvalue weighted by atomic mass is 16.4. The molecule has 0 spiro atoms. The highest BCUT2D eigenvalue weighted by Crippen LogP contribution is 2.25. The zero-order chi connectivity index (χ0) is 20.5. The van der Waals surface area contributed by atoms with Gasteiger partial charge < -0.3 is 10.2 Å². The maximum atomic E-state index is 10.9. The Hall–Kier alpha value is -2.20. The Bertz CT molecular complexity index is 772. The fraction of sp³-hybridized carbons (Fsp3) is 0.500. The van der Waals surface area contributed by atoms with Gasteiger partial charge >= 0.3 is 5.97 Å². The molecule has 0 fully saturated rings. The maximum absolute atomic E-state index is 10.9. The van der Waals surface area contributed by atoms with Crippen molar-refractivity contribution in [2.24, 2.45) is 11.8 Å². The van der Waals surface area contributed by atoms with Crippen molar-refractivity contribution in [2.45, 2.75) is 59.3 Å². The second-order valence-corrected chi connectivity index (χ2v) is 7.94. The Morgan fingerprint density at radius 2 is 2.04 bits per heavy atom. The average molecular weight is 384 g/mol. The van der Waals surface area contributed by atoms with Gasteiger partial charge in [0.25, 0.3) is 0 Å². The van der Waals surface area contributed by atoms with Gasteiger partial charge in [-0.2, -0.15) is 0 Å². The fourth-order valence-corrected chi connectivity index (χ4v) is 3.49. The molecular weight excluding hydrogens is 350 g/mol. The lowest BCUT2D eigenvalue weighted by molar-refractivity contribution is -0.141.